The summed E-state index contributed by atoms with van der Waals surface area (Å²) in [6.07, 6.45) is 7.37. The lowest BCUT2D eigenvalue weighted by molar-refractivity contribution is -0.126. The molecule has 2 aliphatic rings. The Bertz CT molecular complexity index is 1050. The van der Waals surface area contributed by atoms with Crippen molar-refractivity contribution in [2.24, 2.45) is 18.4 Å². The van der Waals surface area contributed by atoms with Gasteiger partial charge in [-0.3, -0.25) is 14.3 Å². The summed E-state index contributed by atoms with van der Waals surface area (Å²) in [6, 6.07) is 3.72. The van der Waals surface area contributed by atoms with Gasteiger partial charge in [0.2, 0.25) is 5.91 Å². The Morgan fingerprint density at radius 1 is 1.21 bits per heavy atom. The molecule has 2 N–H and O–H groups in total. The fourth-order valence-corrected chi connectivity index (χ4v) is 5.71. The molecule has 2 fully saturated rings. The van der Waals surface area contributed by atoms with Gasteiger partial charge in [0, 0.05) is 30.8 Å². The van der Waals surface area contributed by atoms with Crippen molar-refractivity contribution in [3.05, 3.63) is 51.5 Å². The zero-order chi connectivity index (χ0) is 23.8. The number of carbonyl (C=O) groups excluding carboxylic acids is 2. The van der Waals surface area contributed by atoms with Gasteiger partial charge in [-0.2, -0.15) is 5.10 Å². The SMILES string of the molecule is Cn1ccc(C(=O)N[C@@H]2CC[C@H](C(=O)N[C@H](c3c(F)ccc(Cl)c3Cl)C3(C)CCCC3)C2)n1. The maximum absolute atomic E-state index is 15.0. The predicted octanol–water partition coefficient (Wildman–Crippen LogP) is 5.20. The molecule has 1 heterocycles. The van der Waals surface area contributed by atoms with Gasteiger partial charge in [0.05, 0.1) is 16.1 Å². The van der Waals surface area contributed by atoms with Gasteiger partial charge < -0.3 is 10.6 Å². The highest BCUT2D eigenvalue weighted by atomic mass is 35.5. The topological polar surface area (TPSA) is 76.0 Å². The monoisotopic (exact) mass is 494 g/mol. The smallest absolute Gasteiger partial charge is 0.271 e. The number of aromatic nitrogens is 2. The summed E-state index contributed by atoms with van der Waals surface area (Å²) in [7, 11) is 1.75. The number of carbonyl (C=O) groups is 2. The number of nitrogens with one attached hydrogen (secondary N) is 2. The second-order valence-electron chi connectivity index (χ2n) is 9.61. The third kappa shape index (κ3) is 5.04. The number of rotatable bonds is 6. The molecule has 6 nitrogen and oxygen atoms in total. The quantitative estimate of drug-likeness (QED) is 0.541. The minimum absolute atomic E-state index is 0.109. The number of hydrogen-bond donors (Lipinski definition) is 2. The Labute approximate surface area is 203 Å². The molecular weight excluding hydrogens is 466 g/mol. The first kappa shape index (κ1) is 24.0. The first-order chi connectivity index (χ1) is 15.7. The molecule has 0 unspecified atom stereocenters. The van der Waals surface area contributed by atoms with Gasteiger partial charge in [0.15, 0.2) is 0 Å². The highest BCUT2D eigenvalue weighted by molar-refractivity contribution is 6.42. The van der Waals surface area contributed by atoms with E-state index in [4.69, 9.17) is 23.2 Å². The molecule has 2 aromatic rings. The van der Waals surface area contributed by atoms with Gasteiger partial charge in [-0.1, -0.05) is 43.0 Å². The van der Waals surface area contributed by atoms with Crippen molar-refractivity contribution in [1.29, 1.82) is 0 Å². The van der Waals surface area contributed by atoms with Crippen molar-refractivity contribution in [3.63, 3.8) is 0 Å². The minimum Gasteiger partial charge on any atom is -0.348 e. The van der Waals surface area contributed by atoms with Crippen molar-refractivity contribution < 1.29 is 14.0 Å². The summed E-state index contributed by atoms with van der Waals surface area (Å²) < 4.78 is 16.5. The fraction of sp³-hybridized carbons (Fsp3) is 0.542. The van der Waals surface area contributed by atoms with Crippen LogP contribution in [0.2, 0.25) is 10.0 Å². The summed E-state index contributed by atoms with van der Waals surface area (Å²) in [4.78, 5) is 25.7. The Kier molecular flexibility index (Phi) is 7.01. The zero-order valence-electron chi connectivity index (χ0n) is 18.8. The van der Waals surface area contributed by atoms with E-state index in [0.717, 1.165) is 25.7 Å². The molecule has 0 saturated heterocycles. The van der Waals surface area contributed by atoms with Crippen LogP contribution in [0.1, 0.15) is 74.0 Å². The Balaban J connectivity index is 1.48. The molecule has 9 heteroatoms. The molecule has 33 heavy (non-hydrogen) atoms. The second-order valence-corrected chi connectivity index (χ2v) is 10.4. The van der Waals surface area contributed by atoms with Crippen LogP contribution in [0.5, 0.6) is 0 Å². The first-order valence-electron chi connectivity index (χ1n) is 11.4. The van der Waals surface area contributed by atoms with E-state index in [9.17, 15) is 14.0 Å². The standard InChI is InChI=1S/C24H29Cl2FN4O2/c1-24(10-3-4-11-24)21(19-17(27)8-7-16(25)20(19)26)29-22(32)14-5-6-15(13-14)28-23(33)18-9-12-31(2)30-18/h7-9,12,14-15,21H,3-6,10-11,13H2,1-2H3,(H,28,33)(H,29,32)/t14-,15+,21+/m0/s1. The van der Waals surface area contributed by atoms with Gasteiger partial charge >= 0.3 is 0 Å². The van der Waals surface area contributed by atoms with Crippen molar-refractivity contribution in [1.82, 2.24) is 20.4 Å². The van der Waals surface area contributed by atoms with Crippen molar-refractivity contribution in [2.75, 3.05) is 0 Å². The number of hydrogen-bond acceptors (Lipinski definition) is 3. The molecule has 2 saturated carbocycles. The van der Waals surface area contributed by atoms with Crippen LogP contribution in [-0.2, 0) is 11.8 Å². The fourth-order valence-electron chi connectivity index (χ4n) is 5.28. The number of benzene rings is 1. The van der Waals surface area contributed by atoms with Gasteiger partial charge in [0.25, 0.3) is 5.91 Å². The highest BCUT2D eigenvalue weighted by Crippen LogP contribution is 2.50. The Morgan fingerprint density at radius 2 is 1.94 bits per heavy atom. The second kappa shape index (κ2) is 9.63. The first-order valence-corrected chi connectivity index (χ1v) is 12.2. The molecule has 4 rings (SSSR count). The normalized spacial score (nSPS) is 22.8. The Morgan fingerprint density at radius 3 is 2.61 bits per heavy atom. The third-order valence-corrected chi connectivity index (χ3v) is 8.00. The van der Waals surface area contributed by atoms with E-state index in [-0.39, 0.29) is 44.8 Å². The molecule has 0 radical (unpaired) electrons. The van der Waals surface area contributed by atoms with E-state index in [2.05, 4.69) is 22.7 Å². The van der Waals surface area contributed by atoms with E-state index in [1.54, 1.807) is 24.0 Å². The minimum atomic E-state index is -0.569. The molecule has 2 amide bonds. The molecule has 1 aromatic carbocycles. The van der Waals surface area contributed by atoms with Crippen LogP contribution in [0.3, 0.4) is 0 Å². The summed E-state index contributed by atoms with van der Waals surface area (Å²) in [5, 5.41) is 10.6. The molecule has 0 bridgehead atoms. The van der Waals surface area contributed by atoms with E-state index in [1.165, 1.54) is 12.1 Å². The summed E-state index contributed by atoms with van der Waals surface area (Å²) in [6.45, 7) is 2.08. The molecule has 178 valence electrons. The number of aryl methyl sites for hydroxylation is 1. The van der Waals surface area contributed by atoms with Crippen LogP contribution in [0.15, 0.2) is 24.4 Å². The predicted molar refractivity (Wildman–Crippen MR) is 126 cm³/mol. The average Bonchev–Trinajstić information content (AvgIpc) is 3.52. The van der Waals surface area contributed by atoms with Crippen molar-refractivity contribution in [3.8, 4) is 0 Å². The Hall–Kier alpha value is -2.12. The largest absolute Gasteiger partial charge is 0.348 e. The van der Waals surface area contributed by atoms with Crippen LogP contribution in [-0.4, -0.2) is 27.6 Å². The lowest BCUT2D eigenvalue weighted by atomic mass is 9.76. The summed E-state index contributed by atoms with van der Waals surface area (Å²) >= 11 is 12.6. The van der Waals surface area contributed by atoms with Gasteiger partial charge in [-0.05, 0) is 55.7 Å². The van der Waals surface area contributed by atoms with E-state index in [0.29, 0.717) is 25.0 Å². The highest BCUT2D eigenvalue weighted by Gasteiger charge is 2.43. The molecule has 2 aliphatic carbocycles. The van der Waals surface area contributed by atoms with E-state index in [1.807, 2.05) is 0 Å². The summed E-state index contributed by atoms with van der Waals surface area (Å²) in [5.41, 5.74) is 0.307. The van der Waals surface area contributed by atoms with Gasteiger partial charge in [0.1, 0.15) is 11.5 Å². The molecular formula is C24H29Cl2FN4O2. The van der Waals surface area contributed by atoms with Crippen LogP contribution in [0.4, 0.5) is 4.39 Å². The number of halogens is 3. The van der Waals surface area contributed by atoms with Crippen LogP contribution >= 0.6 is 23.2 Å². The average molecular weight is 495 g/mol. The van der Waals surface area contributed by atoms with Crippen LogP contribution in [0.25, 0.3) is 0 Å². The van der Waals surface area contributed by atoms with Crippen molar-refractivity contribution >= 4 is 35.0 Å². The lowest BCUT2D eigenvalue weighted by Gasteiger charge is -2.36. The van der Waals surface area contributed by atoms with Gasteiger partial charge in [-0.25, -0.2) is 4.39 Å². The zero-order valence-corrected chi connectivity index (χ0v) is 20.3. The maximum Gasteiger partial charge on any atom is 0.271 e. The van der Waals surface area contributed by atoms with Gasteiger partial charge in [-0.15, -0.1) is 0 Å². The number of nitrogens with zero attached hydrogens (tertiary/aromatic N) is 2. The van der Waals surface area contributed by atoms with Crippen LogP contribution in [0, 0.1) is 17.2 Å². The lowest BCUT2D eigenvalue weighted by Crippen LogP contribution is -2.42. The van der Waals surface area contributed by atoms with Crippen LogP contribution < -0.4 is 10.6 Å². The molecule has 0 spiro atoms. The van der Waals surface area contributed by atoms with Crippen molar-refractivity contribution in [2.45, 2.75) is 64.0 Å². The molecule has 3 atom stereocenters. The molecule has 0 aliphatic heterocycles. The molecule has 1 aromatic heterocycles. The van der Waals surface area contributed by atoms with E-state index < -0.39 is 11.9 Å². The van der Waals surface area contributed by atoms with E-state index >= 15 is 0 Å². The third-order valence-electron chi connectivity index (χ3n) is 7.18. The number of amides is 2. The summed E-state index contributed by atoms with van der Waals surface area (Å²) in [5.74, 6) is -1.12. The maximum atomic E-state index is 15.0.